The van der Waals surface area contributed by atoms with Crippen molar-refractivity contribution < 1.29 is 19.0 Å². The number of aliphatic hydroxyl groups excluding tert-OH is 1. The van der Waals surface area contributed by atoms with E-state index in [1.165, 1.54) is 10.4 Å². The third kappa shape index (κ3) is 2.94. The summed E-state index contributed by atoms with van der Waals surface area (Å²) in [4.78, 5) is 0. The molecule has 0 amide bonds. The molecule has 2 saturated heterocycles. The molecule has 2 heterocycles. The second kappa shape index (κ2) is 6.58. The minimum atomic E-state index is -2.57. The summed E-state index contributed by atoms with van der Waals surface area (Å²) in [5.74, 6) is 0. The van der Waals surface area contributed by atoms with E-state index < -0.39 is 14.6 Å². The van der Waals surface area contributed by atoms with E-state index in [4.69, 9.17) is 13.9 Å². The van der Waals surface area contributed by atoms with Crippen LogP contribution in [0.15, 0.2) is 60.7 Å². The topological polar surface area (TPSA) is 51.2 Å². The Morgan fingerprint density at radius 3 is 1.81 bits per heavy atom. The first kappa shape index (κ1) is 17.9. The van der Waals surface area contributed by atoms with E-state index in [0.717, 1.165) is 0 Å². The number of fused-ring (bicyclic) bond motifs is 1. The van der Waals surface area contributed by atoms with Crippen LogP contribution in [-0.4, -0.2) is 44.6 Å². The van der Waals surface area contributed by atoms with E-state index >= 15 is 0 Å². The largest absolute Gasteiger partial charge is 0.405 e. The van der Waals surface area contributed by atoms with Crippen LogP contribution in [-0.2, 0) is 13.9 Å². The molecule has 2 fully saturated rings. The molecular weight excluding hydrogens is 344 g/mol. The summed E-state index contributed by atoms with van der Waals surface area (Å²) in [6.45, 7) is 7.17. The second-order valence-electron chi connectivity index (χ2n) is 8.10. The van der Waals surface area contributed by atoms with Gasteiger partial charge in [-0.15, -0.1) is 0 Å². The summed E-state index contributed by atoms with van der Waals surface area (Å²) in [7, 11) is -2.57. The highest BCUT2D eigenvalue weighted by Crippen LogP contribution is 2.41. The number of benzene rings is 2. The predicted molar refractivity (Wildman–Crippen MR) is 103 cm³/mol. The minimum absolute atomic E-state index is 0.0387. The van der Waals surface area contributed by atoms with E-state index in [2.05, 4.69) is 69.3 Å². The normalized spacial score (nSPS) is 28.0. The molecule has 0 aliphatic carbocycles. The predicted octanol–water partition coefficient (Wildman–Crippen LogP) is 2.05. The number of rotatable bonds is 5. The lowest BCUT2D eigenvalue weighted by Crippen LogP contribution is -2.67. The maximum absolute atomic E-state index is 9.84. The van der Waals surface area contributed by atoms with Gasteiger partial charge in [0, 0.05) is 0 Å². The standard InChI is InChI=1S/C21H26O4Si/c1-21(2,3)26(15-10-6-4-7-11-15,16-12-8-5-9-13-16)23-14-17-18-19(25-18)20(22)24-17/h4-13,17-20,22H,14H2,1-3H3/t17-,18-,19+,20+/m1/s1. The van der Waals surface area contributed by atoms with E-state index in [0.29, 0.717) is 6.61 Å². The molecule has 26 heavy (non-hydrogen) atoms. The lowest BCUT2D eigenvalue weighted by Gasteiger charge is -2.43. The Morgan fingerprint density at radius 2 is 1.42 bits per heavy atom. The third-order valence-electron chi connectivity index (χ3n) is 5.40. The van der Waals surface area contributed by atoms with Gasteiger partial charge in [-0.1, -0.05) is 81.4 Å². The van der Waals surface area contributed by atoms with Crippen LogP contribution in [0, 0.1) is 0 Å². The molecular formula is C21H26O4Si. The molecule has 1 N–H and O–H groups in total. The van der Waals surface area contributed by atoms with Crippen molar-refractivity contribution in [1.29, 1.82) is 0 Å². The van der Waals surface area contributed by atoms with Crippen molar-refractivity contribution in [3.05, 3.63) is 60.7 Å². The van der Waals surface area contributed by atoms with Crippen LogP contribution in [0.5, 0.6) is 0 Å². The first-order chi connectivity index (χ1) is 12.4. The van der Waals surface area contributed by atoms with Gasteiger partial charge in [-0.2, -0.15) is 0 Å². The highest BCUT2D eigenvalue weighted by molar-refractivity contribution is 6.99. The number of epoxide rings is 1. The Hall–Kier alpha value is -1.50. The number of aliphatic hydroxyl groups is 1. The lowest BCUT2D eigenvalue weighted by atomic mass is 10.2. The van der Waals surface area contributed by atoms with Crippen LogP contribution in [0.3, 0.4) is 0 Å². The van der Waals surface area contributed by atoms with Crippen LogP contribution in [0.1, 0.15) is 20.8 Å². The average Bonchev–Trinajstić information content (AvgIpc) is 3.37. The fraction of sp³-hybridized carbons (Fsp3) is 0.429. The zero-order chi connectivity index (χ0) is 18.4. The van der Waals surface area contributed by atoms with E-state index in [-0.39, 0.29) is 23.4 Å². The maximum Gasteiger partial charge on any atom is 0.261 e. The molecule has 0 radical (unpaired) electrons. The van der Waals surface area contributed by atoms with Crippen LogP contribution < -0.4 is 10.4 Å². The first-order valence-corrected chi connectivity index (χ1v) is 11.1. The van der Waals surface area contributed by atoms with E-state index in [1.54, 1.807) is 0 Å². The average molecular weight is 371 g/mol. The molecule has 2 aliphatic rings. The van der Waals surface area contributed by atoms with Crippen molar-refractivity contribution in [2.24, 2.45) is 0 Å². The van der Waals surface area contributed by atoms with Gasteiger partial charge in [0.2, 0.25) is 0 Å². The Kier molecular flexibility index (Phi) is 4.53. The number of hydrogen-bond donors (Lipinski definition) is 1. The zero-order valence-corrected chi connectivity index (χ0v) is 16.5. The SMILES string of the molecule is CC(C)(C)[Si](OC[C@H]1O[C@H](O)[C@H]2O[C@@H]21)(c1ccccc1)c1ccccc1. The molecule has 2 aliphatic heterocycles. The van der Waals surface area contributed by atoms with Gasteiger partial charge in [-0.3, -0.25) is 0 Å². The van der Waals surface area contributed by atoms with Gasteiger partial charge in [0.05, 0.1) is 6.61 Å². The molecule has 0 aromatic heterocycles. The molecule has 5 heteroatoms. The minimum Gasteiger partial charge on any atom is -0.405 e. The fourth-order valence-electron chi connectivity index (χ4n) is 4.10. The van der Waals surface area contributed by atoms with E-state index in [9.17, 15) is 5.11 Å². The molecule has 4 nitrogen and oxygen atoms in total. The molecule has 4 rings (SSSR count). The summed E-state index contributed by atoms with van der Waals surface area (Å²) < 4.78 is 17.9. The van der Waals surface area contributed by atoms with Crippen molar-refractivity contribution >= 4 is 18.7 Å². The molecule has 0 unspecified atom stereocenters. The third-order valence-corrected chi connectivity index (χ3v) is 10.4. The van der Waals surface area contributed by atoms with Gasteiger partial charge in [-0.05, 0) is 15.4 Å². The second-order valence-corrected chi connectivity index (χ2v) is 12.4. The Morgan fingerprint density at radius 1 is 0.885 bits per heavy atom. The molecule has 2 aromatic rings. The molecule has 138 valence electrons. The van der Waals surface area contributed by atoms with Gasteiger partial charge < -0.3 is 19.0 Å². The van der Waals surface area contributed by atoms with E-state index in [1.807, 2.05) is 12.1 Å². The Labute approximate surface area is 155 Å². The van der Waals surface area contributed by atoms with Crippen molar-refractivity contribution in [2.75, 3.05) is 6.61 Å². The summed E-state index contributed by atoms with van der Waals surface area (Å²) in [5.41, 5.74) is 0. The van der Waals surface area contributed by atoms with Gasteiger partial charge in [0.15, 0.2) is 6.29 Å². The summed E-state index contributed by atoms with van der Waals surface area (Å²) in [5, 5.41) is 12.3. The quantitative estimate of drug-likeness (QED) is 0.646. The van der Waals surface area contributed by atoms with Crippen molar-refractivity contribution in [2.45, 2.75) is 50.4 Å². The van der Waals surface area contributed by atoms with Gasteiger partial charge >= 0.3 is 0 Å². The monoisotopic (exact) mass is 370 g/mol. The van der Waals surface area contributed by atoms with Gasteiger partial charge in [0.1, 0.15) is 18.3 Å². The number of ether oxygens (including phenoxy) is 2. The number of hydrogen-bond acceptors (Lipinski definition) is 4. The van der Waals surface area contributed by atoms with Crippen LogP contribution >= 0.6 is 0 Å². The smallest absolute Gasteiger partial charge is 0.261 e. The molecule has 4 atom stereocenters. The first-order valence-electron chi connectivity index (χ1n) is 9.17. The van der Waals surface area contributed by atoms with Gasteiger partial charge in [-0.25, -0.2) is 0 Å². The summed E-state index contributed by atoms with van der Waals surface area (Å²) in [6.07, 6.45) is -1.25. The van der Waals surface area contributed by atoms with Gasteiger partial charge in [0.25, 0.3) is 8.32 Å². The zero-order valence-electron chi connectivity index (χ0n) is 15.5. The molecule has 0 spiro atoms. The fourth-order valence-corrected chi connectivity index (χ4v) is 8.67. The van der Waals surface area contributed by atoms with Crippen molar-refractivity contribution in [3.63, 3.8) is 0 Å². The maximum atomic E-state index is 9.84. The summed E-state index contributed by atoms with van der Waals surface area (Å²) in [6, 6.07) is 21.1. The van der Waals surface area contributed by atoms with Crippen molar-refractivity contribution in [3.8, 4) is 0 Å². The van der Waals surface area contributed by atoms with Crippen LogP contribution in [0.4, 0.5) is 0 Å². The lowest BCUT2D eigenvalue weighted by molar-refractivity contribution is -0.148. The molecule has 2 aromatic carbocycles. The highest BCUT2D eigenvalue weighted by atomic mass is 28.4. The summed E-state index contributed by atoms with van der Waals surface area (Å²) >= 11 is 0. The Bertz CT molecular complexity index is 704. The van der Waals surface area contributed by atoms with Crippen LogP contribution in [0.25, 0.3) is 0 Å². The Balaban J connectivity index is 1.73. The molecule has 0 saturated carbocycles. The molecule has 0 bridgehead atoms. The highest BCUT2D eigenvalue weighted by Gasteiger charge is 2.59. The van der Waals surface area contributed by atoms with Crippen LogP contribution in [0.2, 0.25) is 5.04 Å². The van der Waals surface area contributed by atoms with Crippen molar-refractivity contribution in [1.82, 2.24) is 0 Å².